The second-order valence-electron chi connectivity index (χ2n) is 3.22. The second-order valence-corrected chi connectivity index (χ2v) is 3.22. The van der Waals surface area contributed by atoms with Crippen LogP contribution in [0.2, 0.25) is 0 Å². The molecule has 1 rings (SSSR count). The van der Waals surface area contributed by atoms with Crippen LogP contribution in [0.3, 0.4) is 0 Å². The van der Waals surface area contributed by atoms with E-state index in [2.05, 4.69) is 0 Å². The fraction of sp³-hybridized carbons (Fsp3) is 0.444. The Labute approximate surface area is 85.8 Å². The smallest absolute Gasteiger partial charge is 0.333 e. The van der Waals surface area contributed by atoms with Gasteiger partial charge in [0.1, 0.15) is 0 Å². The van der Waals surface area contributed by atoms with Crippen LogP contribution >= 0.6 is 0 Å². The molecule has 15 heavy (non-hydrogen) atoms. The van der Waals surface area contributed by atoms with E-state index >= 15 is 0 Å². The van der Waals surface area contributed by atoms with Crippen LogP contribution in [0.4, 0.5) is 0 Å². The fourth-order valence-electron chi connectivity index (χ4n) is 1.29. The van der Waals surface area contributed by atoms with Gasteiger partial charge in [0.15, 0.2) is 0 Å². The largest absolute Gasteiger partial charge is 0.481 e. The summed E-state index contributed by atoms with van der Waals surface area (Å²) in [4.78, 5) is 33.2. The van der Waals surface area contributed by atoms with Crippen molar-refractivity contribution in [1.82, 2.24) is 4.90 Å². The first-order valence-electron chi connectivity index (χ1n) is 4.46. The first kappa shape index (κ1) is 11.2. The second kappa shape index (κ2) is 4.59. The molecule has 2 N–H and O–H groups in total. The number of carboxylic acid groups (broad SMARTS) is 2. The van der Waals surface area contributed by atoms with Crippen LogP contribution in [0, 0.1) is 0 Å². The van der Waals surface area contributed by atoms with E-state index in [9.17, 15) is 14.4 Å². The Balaban J connectivity index is 2.45. The number of hydrogen-bond acceptors (Lipinski definition) is 3. The molecule has 1 heterocycles. The number of carbonyl (C=O) groups excluding carboxylic acids is 1. The number of rotatable bonds is 5. The zero-order valence-corrected chi connectivity index (χ0v) is 7.97. The molecule has 0 fully saturated rings. The highest BCUT2D eigenvalue weighted by atomic mass is 16.4. The lowest BCUT2D eigenvalue weighted by atomic mass is 10.2. The van der Waals surface area contributed by atoms with Crippen LogP contribution < -0.4 is 0 Å². The lowest BCUT2D eigenvalue weighted by molar-refractivity contribution is -0.137. The number of carbonyl (C=O) groups is 3. The monoisotopic (exact) mass is 213 g/mol. The SMILES string of the molecule is O=C(O)CCCN1C=C(C(=O)O)CC1=O. The van der Waals surface area contributed by atoms with Gasteiger partial charge < -0.3 is 15.1 Å². The topological polar surface area (TPSA) is 94.9 Å². The van der Waals surface area contributed by atoms with Gasteiger partial charge in [0.25, 0.3) is 0 Å². The summed E-state index contributed by atoms with van der Waals surface area (Å²) in [5, 5.41) is 17.0. The Hall–Kier alpha value is -1.85. The maximum Gasteiger partial charge on any atom is 0.333 e. The molecule has 0 atom stereocenters. The van der Waals surface area contributed by atoms with Crippen LogP contribution in [0.1, 0.15) is 19.3 Å². The highest BCUT2D eigenvalue weighted by Gasteiger charge is 2.25. The standard InChI is InChI=1S/C9H11NO5/c11-7-4-6(9(14)15)5-10(7)3-1-2-8(12)13/h5H,1-4H2,(H,12,13)(H,14,15). The summed E-state index contributed by atoms with van der Waals surface area (Å²) >= 11 is 0. The molecule has 0 aromatic carbocycles. The molecule has 0 bridgehead atoms. The number of hydrogen-bond donors (Lipinski definition) is 2. The van der Waals surface area contributed by atoms with E-state index < -0.39 is 11.9 Å². The van der Waals surface area contributed by atoms with E-state index in [1.54, 1.807) is 0 Å². The highest BCUT2D eigenvalue weighted by Crippen LogP contribution is 2.16. The number of amides is 1. The van der Waals surface area contributed by atoms with E-state index in [0.717, 1.165) is 0 Å². The molecule has 82 valence electrons. The molecule has 0 spiro atoms. The highest BCUT2D eigenvalue weighted by molar-refractivity contribution is 5.97. The Morgan fingerprint density at radius 1 is 1.40 bits per heavy atom. The van der Waals surface area contributed by atoms with Gasteiger partial charge in [0.2, 0.25) is 5.91 Å². The maximum atomic E-state index is 11.2. The Morgan fingerprint density at radius 3 is 2.53 bits per heavy atom. The van der Waals surface area contributed by atoms with Gasteiger partial charge in [0.05, 0.1) is 12.0 Å². The lowest BCUT2D eigenvalue weighted by Gasteiger charge is -2.11. The van der Waals surface area contributed by atoms with Gasteiger partial charge in [-0.1, -0.05) is 0 Å². The van der Waals surface area contributed by atoms with Crippen molar-refractivity contribution in [1.29, 1.82) is 0 Å². The third-order valence-electron chi connectivity index (χ3n) is 2.04. The molecule has 0 aliphatic carbocycles. The van der Waals surface area contributed by atoms with E-state index in [1.807, 2.05) is 0 Å². The van der Waals surface area contributed by atoms with Gasteiger partial charge >= 0.3 is 11.9 Å². The summed E-state index contributed by atoms with van der Waals surface area (Å²) in [5.74, 6) is -2.33. The Bertz CT molecular complexity index is 333. The van der Waals surface area contributed by atoms with Gasteiger partial charge in [-0.2, -0.15) is 0 Å². The van der Waals surface area contributed by atoms with Crippen LogP contribution in [-0.2, 0) is 14.4 Å². The zero-order valence-electron chi connectivity index (χ0n) is 7.97. The summed E-state index contributed by atoms with van der Waals surface area (Å²) in [6, 6.07) is 0. The first-order valence-corrected chi connectivity index (χ1v) is 4.46. The lowest BCUT2D eigenvalue weighted by Crippen LogP contribution is -2.22. The molecule has 1 amide bonds. The Morgan fingerprint density at radius 2 is 2.07 bits per heavy atom. The van der Waals surface area contributed by atoms with Crippen molar-refractivity contribution < 1.29 is 24.6 Å². The molecule has 0 radical (unpaired) electrons. The van der Waals surface area contributed by atoms with Gasteiger partial charge in [-0.05, 0) is 6.42 Å². The van der Waals surface area contributed by atoms with Crippen molar-refractivity contribution in [2.45, 2.75) is 19.3 Å². The number of nitrogens with zero attached hydrogens (tertiary/aromatic N) is 1. The van der Waals surface area contributed by atoms with Gasteiger partial charge in [-0.15, -0.1) is 0 Å². The van der Waals surface area contributed by atoms with Crippen molar-refractivity contribution in [3.63, 3.8) is 0 Å². The average molecular weight is 213 g/mol. The molecule has 0 unspecified atom stereocenters. The molecule has 6 nitrogen and oxygen atoms in total. The van der Waals surface area contributed by atoms with Crippen molar-refractivity contribution >= 4 is 17.8 Å². The normalized spacial score (nSPS) is 15.3. The van der Waals surface area contributed by atoms with E-state index in [-0.39, 0.29) is 30.9 Å². The molecular formula is C9H11NO5. The zero-order chi connectivity index (χ0) is 11.4. The van der Waals surface area contributed by atoms with Gasteiger partial charge in [-0.3, -0.25) is 9.59 Å². The van der Waals surface area contributed by atoms with Gasteiger partial charge in [-0.25, -0.2) is 4.79 Å². The molecular weight excluding hydrogens is 202 g/mol. The molecule has 0 saturated heterocycles. The molecule has 0 aromatic heterocycles. The van der Waals surface area contributed by atoms with E-state index in [4.69, 9.17) is 10.2 Å². The quantitative estimate of drug-likeness (QED) is 0.672. The van der Waals surface area contributed by atoms with Crippen molar-refractivity contribution in [2.24, 2.45) is 0 Å². The summed E-state index contributed by atoms with van der Waals surface area (Å²) < 4.78 is 0. The fourth-order valence-corrected chi connectivity index (χ4v) is 1.29. The summed E-state index contributed by atoms with van der Waals surface area (Å²) in [6.07, 6.45) is 1.46. The summed E-state index contributed by atoms with van der Waals surface area (Å²) in [7, 11) is 0. The van der Waals surface area contributed by atoms with Crippen molar-refractivity contribution in [3.8, 4) is 0 Å². The average Bonchev–Trinajstić information content (AvgIpc) is 2.47. The molecule has 1 aliphatic rings. The molecule has 1 aliphatic heterocycles. The third-order valence-corrected chi connectivity index (χ3v) is 2.04. The molecule has 0 aromatic rings. The van der Waals surface area contributed by atoms with Crippen LogP contribution in [0.5, 0.6) is 0 Å². The minimum Gasteiger partial charge on any atom is -0.481 e. The van der Waals surface area contributed by atoms with Crippen molar-refractivity contribution in [3.05, 3.63) is 11.8 Å². The minimum atomic E-state index is -1.11. The predicted octanol–water partition coefficient (Wildman–Crippen LogP) is 0.0520. The van der Waals surface area contributed by atoms with E-state index in [1.165, 1.54) is 11.1 Å². The molecule has 6 heteroatoms. The summed E-state index contributed by atoms with van der Waals surface area (Å²) in [5.41, 5.74) is 0.0512. The number of aliphatic carboxylic acids is 2. The molecule has 0 saturated carbocycles. The van der Waals surface area contributed by atoms with Crippen LogP contribution in [-0.4, -0.2) is 39.5 Å². The van der Waals surface area contributed by atoms with Gasteiger partial charge in [0, 0.05) is 19.2 Å². The predicted molar refractivity (Wildman–Crippen MR) is 48.9 cm³/mol. The minimum absolute atomic E-state index is 0.0278. The van der Waals surface area contributed by atoms with Crippen molar-refractivity contribution in [2.75, 3.05) is 6.54 Å². The summed E-state index contributed by atoms with van der Waals surface area (Å²) in [6.45, 7) is 0.252. The maximum absolute atomic E-state index is 11.2. The van der Waals surface area contributed by atoms with Crippen LogP contribution in [0.15, 0.2) is 11.8 Å². The first-order chi connectivity index (χ1) is 7.00. The number of carboxylic acids is 2. The third kappa shape index (κ3) is 3.08. The van der Waals surface area contributed by atoms with Crippen LogP contribution in [0.25, 0.3) is 0 Å². The van der Waals surface area contributed by atoms with E-state index in [0.29, 0.717) is 6.42 Å². The Kier molecular flexibility index (Phi) is 3.43.